The normalized spacial score (nSPS) is 17.2. The summed E-state index contributed by atoms with van der Waals surface area (Å²) in [5, 5.41) is 12.4. The lowest BCUT2D eigenvalue weighted by Gasteiger charge is -2.32. The summed E-state index contributed by atoms with van der Waals surface area (Å²) in [5.74, 6) is 1.06. The maximum atomic E-state index is 12.6. The number of hydrogen-bond acceptors (Lipinski definition) is 3. The summed E-state index contributed by atoms with van der Waals surface area (Å²) in [6, 6.07) is 16.4. The highest BCUT2D eigenvalue weighted by atomic mass is 32.2. The Morgan fingerprint density at radius 2 is 2.00 bits per heavy atom. The van der Waals surface area contributed by atoms with Crippen molar-refractivity contribution < 1.29 is 9.90 Å². The van der Waals surface area contributed by atoms with Gasteiger partial charge in [-0.3, -0.25) is 0 Å². The highest BCUT2D eigenvalue weighted by Gasteiger charge is 2.23. The minimum Gasteiger partial charge on any atom is -0.396 e. The van der Waals surface area contributed by atoms with Gasteiger partial charge in [-0.15, -0.1) is 11.8 Å². The SMILES string of the molecule is Cc1ccc(CSc2ccccc2NC(=O)N2CCC[C@H](CO)C2)cc1. The number of nitrogens with zero attached hydrogens (tertiary/aromatic N) is 1. The quantitative estimate of drug-likeness (QED) is 0.761. The Balaban J connectivity index is 1.63. The molecule has 0 aromatic heterocycles. The lowest BCUT2D eigenvalue weighted by atomic mass is 9.99. The molecule has 0 radical (unpaired) electrons. The van der Waals surface area contributed by atoms with Crippen LogP contribution in [0, 0.1) is 12.8 Å². The van der Waals surface area contributed by atoms with E-state index in [-0.39, 0.29) is 18.6 Å². The van der Waals surface area contributed by atoms with E-state index in [9.17, 15) is 9.90 Å². The second-order valence-electron chi connectivity index (χ2n) is 6.84. The van der Waals surface area contributed by atoms with Crippen molar-refractivity contribution in [2.75, 3.05) is 25.0 Å². The van der Waals surface area contributed by atoms with Crippen LogP contribution in [-0.4, -0.2) is 35.7 Å². The van der Waals surface area contributed by atoms with Crippen LogP contribution in [-0.2, 0) is 5.75 Å². The summed E-state index contributed by atoms with van der Waals surface area (Å²) in [7, 11) is 0. The molecule has 1 heterocycles. The number of likely N-dealkylation sites (tertiary alicyclic amines) is 1. The molecule has 0 unspecified atom stereocenters. The van der Waals surface area contributed by atoms with Crippen LogP contribution in [0.3, 0.4) is 0 Å². The van der Waals surface area contributed by atoms with Gasteiger partial charge >= 0.3 is 6.03 Å². The molecule has 26 heavy (non-hydrogen) atoms. The van der Waals surface area contributed by atoms with Gasteiger partial charge in [-0.25, -0.2) is 4.79 Å². The van der Waals surface area contributed by atoms with Gasteiger partial charge in [0.2, 0.25) is 0 Å². The van der Waals surface area contributed by atoms with E-state index in [2.05, 4.69) is 36.5 Å². The van der Waals surface area contributed by atoms with Gasteiger partial charge in [0, 0.05) is 30.3 Å². The average Bonchev–Trinajstić information content (AvgIpc) is 2.68. The summed E-state index contributed by atoms with van der Waals surface area (Å²) >= 11 is 1.73. The number of piperidine rings is 1. The molecule has 0 spiro atoms. The number of aryl methyl sites for hydroxylation is 1. The van der Waals surface area contributed by atoms with Crippen LogP contribution in [0.1, 0.15) is 24.0 Å². The molecule has 0 saturated carbocycles. The van der Waals surface area contributed by atoms with Gasteiger partial charge in [-0.1, -0.05) is 42.0 Å². The number of benzene rings is 2. The van der Waals surface area contributed by atoms with Crippen LogP contribution in [0.5, 0.6) is 0 Å². The van der Waals surface area contributed by atoms with E-state index in [4.69, 9.17) is 0 Å². The van der Waals surface area contributed by atoms with Crippen LogP contribution in [0.2, 0.25) is 0 Å². The van der Waals surface area contributed by atoms with Gasteiger partial charge in [0.25, 0.3) is 0 Å². The molecule has 1 atom stereocenters. The van der Waals surface area contributed by atoms with Crippen molar-refractivity contribution in [3.05, 3.63) is 59.7 Å². The Morgan fingerprint density at radius 1 is 1.23 bits per heavy atom. The van der Waals surface area contributed by atoms with Crippen molar-refractivity contribution in [3.8, 4) is 0 Å². The smallest absolute Gasteiger partial charge is 0.321 e. The highest BCUT2D eigenvalue weighted by molar-refractivity contribution is 7.98. The molecule has 2 aromatic rings. The van der Waals surface area contributed by atoms with Crippen LogP contribution in [0.4, 0.5) is 10.5 Å². The predicted octanol–water partition coefficient (Wildman–Crippen LogP) is 4.52. The van der Waals surface area contributed by atoms with E-state index >= 15 is 0 Å². The first-order valence-corrected chi connectivity index (χ1v) is 10.1. The van der Waals surface area contributed by atoms with Gasteiger partial charge in [0.15, 0.2) is 0 Å². The molecule has 2 aromatic carbocycles. The molecule has 1 fully saturated rings. The van der Waals surface area contributed by atoms with Crippen LogP contribution < -0.4 is 5.32 Å². The minimum absolute atomic E-state index is 0.0773. The Labute approximate surface area is 159 Å². The third-order valence-electron chi connectivity index (χ3n) is 4.71. The largest absolute Gasteiger partial charge is 0.396 e. The second kappa shape index (κ2) is 9.10. The molecule has 138 valence electrons. The minimum atomic E-state index is -0.0773. The lowest BCUT2D eigenvalue weighted by Crippen LogP contribution is -2.43. The molecule has 1 saturated heterocycles. The number of hydrogen-bond donors (Lipinski definition) is 2. The molecular formula is C21H26N2O2S. The number of rotatable bonds is 5. The number of carbonyl (C=O) groups excluding carboxylic acids is 1. The summed E-state index contributed by atoms with van der Waals surface area (Å²) in [6.45, 7) is 3.61. The van der Waals surface area contributed by atoms with Gasteiger partial charge in [-0.2, -0.15) is 0 Å². The highest BCUT2D eigenvalue weighted by Crippen LogP contribution is 2.30. The first kappa shape index (κ1) is 18.8. The van der Waals surface area contributed by atoms with Gasteiger partial charge < -0.3 is 15.3 Å². The van der Waals surface area contributed by atoms with E-state index < -0.39 is 0 Å². The first-order chi connectivity index (χ1) is 12.7. The maximum absolute atomic E-state index is 12.6. The standard InChI is InChI=1S/C21H26N2O2S/c1-16-8-10-17(11-9-16)15-26-20-7-3-2-6-19(20)22-21(25)23-12-4-5-18(13-23)14-24/h2-3,6-11,18,24H,4-5,12-15H2,1H3,(H,22,25)/t18-/m0/s1. The molecule has 2 N–H and O–H groups in total. The van der Waals surface area contributed by atoms with Gasteiger partial charge in [-0.05, 0) is 43.4 Å². The molecule has 5 heteroatoms. The number of thioether (sulfide) groups is 1. The molecule has 1 aliphatic rings. The number of para-hydroxylation sites is 1. The molecule has 2 amide bonds. The fraction of sp³-hybridized carbons (Fsp3) is 0.381. The second-order valence-corrected chi connectivity index (χ2v) is 7.85. The topological polar surface area (TPSA) is 52.6 Å². The van der Waals surface area contributed by atoms with Crippen LogP contribution >= 0.6 is 11.8 Å². The number of carbonyl (C=O) groups is 1. The number of urea groups is 1. The predicted molar refractivity (Wildman–Crippen MR) is 108 cm³/mol. The van der Waals surface area contributed by atoms with Crippen LogP contribution in [0.15, 0.2) is 53.4 Å². The van der Waals surface area contributed by atoms with Crippen molar-refractivity contribution in [1.29, 1.82) is 0 Å². The maximum Gasteiger partial charge on any atom is 0.321 e. The molecule has 0 bridgehead atoms. The van der Waals surface area contributed by atoms with E-state index in [1.807, 2.05) is 29.2 Å². The van der Waals surface area contributed by atoms with Crippen molar-refractivity contribution in [1.82, 2.24) is 4.90 Å². The van der Waals surface area contributed by atoms with Gasteiger partial charge in [0.05, 0.1) is 5.69 Å². The third-order valence-corrected chi connectivity index (χ3v) is 5.85. The Bertz CT molecular complexity index is 733. The number of aliphatic hydroxyl groups is 1. The lowest BCUT2D eigenvalue weighted by molar-refractivity contribution is 0.136. The van der Waals surface area contributed by atoms with E-state index in [1.54, 1.807) is 11.8 Å². The van der Waals surface area contributed by atoms with E-state index in [1.165, 1.54) is 11.1 Å². The monoisotopic (exact) mass is 370 g/mol. The Morgan fingerprint density at radius 3 is 2.77 bits per heavy atom. The number of nitrogens with one attached hydrogen (secondary N) is 1. The average molecular weight is 371 g/mol. The summed E-state index contributed by atoms with van der Waals surface area (Å²) < 4.78 is 0. The van der Waals surface area contributed by atoms with Crippen molar-refractivity contribution in [3.63, 3.8) is 0 Å². The molecular weight excluding hydrogens is 344 g/mol. The third kappa shape index (κ3) is 5.02. The molecule has 4 nitrogen and oxygen atoms in total. The summed E-state index contributed by atoms with van der Waals surface area (Å²) in [5.41, 5.74) is 3.37. The van der Waals surface area contributed by atoms with Gasteiger partial charge in [0.1, 0.15) is 0 Å². The Hall–Kier alpha value is -1.98. The fourth-order valence-electron chi connectivity index (χ4n) is 3.13. The number of anilines is 1. The molecule has 3 rings (SSSR count). The Kier molecular flexibility index (Phi) is 6.58. The van der Waals surface area contributed by atoms with Crippen molar-refractivity contribution in [2.45, 2.75) is 30.4 Å². The van der Waals surface area contributed by atoms with Crippen molar-refractivity contribution in [2.24, 2.45) is 5.92 Å². The number of aliphatic hydroxyl groups excluding tert-OH is 1. The molecule has 1 aliphatic heterocycles. The zero-order valence-electron chi connectivity index (χ0n) is 15.1. The zero-order chi connectivity index (χ0) is 18.4. The van der Waals surface area contributed by atoms with E-state index in [0.717, 1.165) is 35.7 Å². The summed E-state index contributed by atoms with van der Waals surface area (Å²) in [4.78, 5) is 15.5. The number of amides is 2. The zero-order valence-corrected chi connectivity index (χ0v) is 16.0. The summed E-state index contributed by atoms with van der Waals surface area (Å²) in [6.07, 6.45) is 1.94. The van der Waals surface area contributed by atoms with Crippen LogP contribution in [0.25, 0.3) is 0 Å². The van der Waals surface area contributed by atoms with Crippen molar-refractivity contribution >= 4 is 23.5 Å². The van der Waals surface area contributed by atoms with E-state index in [0.29, 0.717) is 6.54 Å². The fourth-order valence-corrected chi connectivity index (χ4v) is 4.10. The first-order valence-electron chi connectivity index (χ1n) is 9.10. The molecule has 0 aliphatic carbocycles.